The SMILES string of the molecule is CN(CCO)c1cccc(Cl)c1CN. The van der Waals surface area contributed by atoms with Gasteiger partial charge < -0.3 is 15.7 Å². The quantitative estimate of drug-likeness (QED) is 0.793. The fraction of sp³-hybridized carbons (Fsp3) is 0.400. The molecule has 0 aromatic heterocycles. The molecule has 0 atom stereocenters. The van der Waals surface area contributed by atoms with Crippen LogP contribution in [0.5, 0.6) is 0 Å². The molecule has 4 heteroatoms. The number of hydrogen-bond acceptors (Lipinski definition) is 3. The van der Waals surface area contributed by atoms with Gasteiger partial charge in [-0.15, -0.1) is 0 Å². The number of hydrogen-bond donors (Lipinski definition) is 2. The van der Waals surface area contributed by atoms with E-state index in [2.05, 4.69) is 0 Å². The molecular formula is C10H15ClN2O. The van der Waals surface area contributed by atoms with Crippen LogP contribution in [0.25, 0.3) is 0 Å². The van der Waals surface area contributed by atoms with Gasteiger partial charge in [-0.1, -0.05) is 17.7 Å². The van der Waals surface area contributed by atoms with Gasteiger partial charge >= 0.3 is 0 Å². The van der Waals surface area contributed by atoms with Gasteiger partial charge in [0.15, 0.2) is 0 Å². The number of nitrogens with two attached hydrogens (primary N) is 1. The predicted octanol–water partition coefficient (Wildman–Crippen LogP) is 1.23. The molecule has 0 aliphatic rings. The molecule has 1 aromatic rings. The third kappa shape index (κ3) is 2.38. The van der Waals surface area contributed by atoms with E-state index in [4.69, 9.17) is 22.4 Å². The summed E-state index contributed by atoms with van der Waals surface area (Å²) in [4.78, 5) is 1.94. The lowest BCUT2D eigenvalue weighted by Gasteiger charge is -2.21. The van der Waals surface area contributed by atoms with Gasteiger partial charge in [0.25, 0.3) is 0 Å². The zero-order valence-corrected chi connectivity index (χ0v) is 8.96. The summed E-state index contributed by atoms with van der Waals surface area (Å²) in [7, 11) is 1.90. The number of aliphatic hydroxyl groups excluding tert-OH is 1. The van der Waals surface area contributed by atoms with Gasteiger partial charge in [-0.05, 0) is 12.1 Å². The molecule has 14 heavy (non-hydrogen) atoms. The highest BCUT2D eigenvalue weighted by Gasteiger charge is 2.08. The zero-order valence-electron chi connectivity index (χ0n) is 8.20. The molecule has 0 spiro atoms. The average molecular weight is 215 g/mol. The number of benzene rings is 1. The van der Waals surface area contributed by atoms with Crippen molar-refractivity contribution in [2.75, 3.05) is 25.1 Å². The van der Waals surface area contributed by atoms with E-state index in [0.29, 0.717) is 18.1 Å². The van der Waals surface area contributed by atoms with Crippen LogP contribution >= 0.6 is 11.6 Å². The van der Waals surface area contributed by atoms with E-state index in [9.17, 15) is 0 Å². The fourth-order valence-corrected chi connectivity index (χ4v) is 1.62. The Labute approximate surface area is 89.1 Å². The molecule has 0 bridgehead atoms. The van der Waals surface area contributed by atoms with Crippen molar-refractivity contribution in [2.24, 2.45) is 5.73 Å². The van der Waals surface area contributed by atoms with E-state index in [1.807, 2.05) is 30.1 Å². The second-order valence-electron chi connectivity index (χ2n) is 3.09. The van der Waals surface area contributed by atoms with Crippen LogP contribution in [0.2, 0.25) is 5.02 Å². The summed E-state index contributed by atoms with van der Waals surface area (Å²) in [5.74, 6) is 0. The normalized spacial score (nSPS) is 10.3. The molecule has 0 heterocycles. The second kappa shape index (κ2) is 5.20. The van der Waals surface area contributed by atoms with Crippen LogP contribution in [0.4, 0.5) is 5.69 Å². The van der Waals surface area contributed by atoms with Crippen LogP contribution in [-0.2, 0) is 6.54 Å². The molecule has 0 aliphatic heterocycles. The van der Waals surface area contributed by atoms with Crippen LogP contribution in [0.15, 0.2) is 18.2 Å². The Balaban J connectivity index is 3.00. The first-order chi connectivity index (χ1) is 6.70. The van der Waals surface area contributed by atoms with Crippen molar-refractivity contribution in [1.82, 2.24) is 0 Å². The predicted molar refractivity (Wildman–Crippen MR) is 59.7 cm³/mol. The van der Waals surface area contributed by atoms with E-state index in [-0.39, 0.29) is 6.61 Å². The van der Waals surface area contributed by atoms with Crippen LogP contribution in [0, 0.1) is 0 Å². The van der Waals surface area contributed by atoms with Crippen molar-refractivity contribution in [3.05, 3.63) is 28.8 Å². The van der Waals surface area contributed by atoms with Crippen molar-refractivity contribution >= 4 is 17.3 Å². The Bertz CT molecular complexity index is 304. The van der Waals surface area contributed by atoms with E-state index in [1.165, 1.54) is 0 Å². The van der Waals surface area contributed by atoms with Crippen molar-refractivity contribution in [2.45, 2.75) is 6.54 Å². The highest BCUT2D eigenvalue weighted by atomic mass is 35.5. The highest BCUT2D eigenvalue weighted by Crippen LogP contribution is 2.25. The fourth-order valence-electron chi connectivity index (χ4n) is 1.38. The van der Waals surface area contributed by atoms with E-state index in [1.54, 1.807) is 0 Å². The molecule has 0 fully saturated rings. The van der Waals surface area contributed by atoms with Crippen molar-refractivity contribution < 1.29 is 5.11 Å². The van der Waals surface area contributed by atoms with Gasteiger partial charge in [-0.25, -0.2) is 0 Å². The summed E-state index contributed by atoms with van der Waals surface area (Å²) in [6, 6.07) is 5.65. The Morgan fingerprint density at radius 2 is 2.21 bits per heavy atom. The monoisotopic (exact) mass is 214 g/mol. The van der Waals surface area contributed by atoms with E-state index in [0.717, 1.165) is 11.3 Å². The molecule has 0 saturated heterocycles. The summed E-state index contributed by atoms with van der Waals surface area (Å²) < 4.78 is 0. The molecule has 0 aliphatic carbocycles. The summed E-state index contributed by atoms with van der Waals surface area (Å²) in [5.41, 5.74) is 7.51. The third-order valence-electron chi connectivity index (χ3n) is 2.14. The van der Waals surface area contributed by atoms with Crippen LogP contribution < -0.4 is 10.6 Å². The lowest BCUT2D eigenvalue weighted by atomic mass is 10.1. The molecule has 3 nitrogen and oxygen atoms in total. The number of aliphatic hydroxyl groups is 1. The smallest absolute Gasteiger partial charge is 0.0606 e. The minimum Gasteiger partial charge on any atom is -0.395 e. The molecule has 0 radical (unpaired) electrons. The maximum Gasteiger partial charge on any atom is 0.0606 e. The second-order valence-corrected chi connectivity index (χ2v) is 3.49. The number of anilines is 1. The summed E-state index contributed by atoms with van der Waals surface area (Å²) in [6.45, 7) is 1.10. The number of rotatable bonds is 4. The number of nitrogens with zero attached hydrogens (tertiary/aromatic N) is 1. The van der Waals surface area contributed by atoms with Gasteiger partial charge in [0.05, 0.1) is 6.61 Å². The van der Waals surface area contributed by atoms with E-state index < -0.39 is 0 Å². The highest BCUT2D eigenvalue weighted by molar-refractivity contribution is 6.31. The lowest BCUT2D eigenvalue weighted by Crippen LogP contribution is -2.23. The topological polar surface area (TPSA) is 49.5 Å². The molecule has 3 N–H and O–H groups in total. The van der Waals surface area contributed by atoms with Gasteiger partial charge in [0.2, 0.25) is 0 Å². The van der Waals surface area contributed by atoms with Gasteiger partial charge in [-0.2, -0.15) is 0 Å². The maximum absolute atomic E-state index is 8.82. The zero-order chi connectivity index (χ0) is 10.6. The average Bonchev–Trinajstić information content (AvgIpc) is 2.17. The van der Waals surface area contributed by atoms with Crippen molar-refractivity contribution in [3.63, 3.8) is 0 Å². The van der Waals surface area contributed by atoms with E-state index >= 15 is 0 Å². The number of likely N-dealkylation sites (N-methyl/N-ethyl adjacent to an activating group) is 1. The standard InChI is InChI=1S/C10H15ClN2O/c1-13(5-6-14)10-4-2-3-9(11)8(10)7-12/h2-4,14H,5-7,12H2,1H3. The lowest BCUT2D eigenvalue weighted by molar-refractivity contribution is 0.304. The first-order valence-corrected chi connectivity index (χ1v) is 4.88. The molecule has 0 amide bonds. The Morgan fingerprint density at radius 3 is 2.79 bits per heavy atom. The first kappa shape index (κ1) is 11.3. The third-order valence-corrected chi connectivity index (χ3v) is 2.50. The molecule has 0 saturated carbocycles. The molecule has 0 unspecified atom stereocenters. The van der Waals surface area contributed by atoms with Crippen molar-refractivity contribution in [1.29, 1.82) is 0 Å². The van der Waals surface area contributed by atoms with Gasteiger partial charge in [0.1, 0.15) is 0 Å². The van der Waals surface area contributed by atoms with Crippen LogP contribution in [0.1, 0.15) is 5.56 Å². The molecule has 78 valence electrons. The Morgan fingerprint density at radius 1 is 1.50 bits per heavy atom. The largest absolute Gasteiger partial charge is 0.395 e. The Kier molecular flexibility index (Phi) is 4.20. The number of halogens is 1. The summed E-state index contributed by atoms with van der Waals surface area (Å²) in [6.07, 6.45) is 0. The molecule has 1 aromatic carbocycles. The Hall–Kier alpha value is -0.770. The minimum atomic E-state index is 0.118. The van der Waals surface area contributed by atoms with Crippen LogP contribution in [-0.4, -0.2) is 25.3 Å². The van der Waals surface area contributed by atoms with Crippen LogP contribution in [0.3, 0.4) is 0 Å². The summed E-state index contributed by atoms with van der Waals surface area (Å²) in [5, 5.41) is 9.50. The minimum absolute atomic E-state index is 0.118. The summed E-state index contributed by atoms with van der Waals surface area (Å²) >= 11 is 6.00. The van der Waals surface area contributed by atoms with Gasteiger partial charge in [-0.3, -0.25) is 0 Å². The van der Waals surface area contributed by atoms with Crippen molar-refractivity contribution in [3.8, 4) is 0 Å². The maximum atomic E-state index is 8.82. The first-order valence-electron chi connectivity index (χ1n) is 4.50. The molecular weight excluding hydrogens is 200 g/mol. The molecule has 1 rings (SSSR count). The van der Waals surface area contributed by atoms with Gasteiger partial charge in [0, 0.05) is 36.4 Å².